The van der Waals surface area contributed by atoms with E-state index in [1.54, 1.807) is 0 Å². The lowest BCUT2D eigenvalue weighted by Crippen LogP contribution is -2.44. The van der Waals surface area contributed by atoms with Crippen LogP contribution < -0.4 is 5.32 Å². The molecule has 82 valence electrons. The second-order valence-corrected chi connectivity index (χ2v) is 4.92. The van der Waals surface area contributed by atoms with Crippen molar-refractivity contribution in [2.45, 2.75) is 51.0 Å². The van der Waals surface area contributed by atoms with Crippen molar-refractivity contribution in [3.8, 4) is 0 Å². The molecule has 1 saturated heterocycles. The molecule has 0 spiro atoms. The molecule has 0 aromatic heterocycles. The van der Waals surface area contributed by atoms with Gasteiger partial charge in [0.15, 0.2) is 0 Å². The SMILES string of the molecule is OCCC(C1CCC1)C1CCCCN1. The molecule has 0 amide bonds. The van der Waals surface area contributed by atoms with Gasteiger partial charge in [0.25, 0.3) is 0 Å². The van der Waals surface area contributed by atoms with Crippen molar-refractivity contribution < 1.29 is 5.11 Å². The quantitative estimate of drug-likeness (QED) is 0.722. The zero-order valence-corrected chi connectivity index (χ0v) is 9.04. The van der Waals surface area contributed by atoms with Gasteiger partial charge in [0.1, 0.15) is 0 Å². The third-order valence-electron chi connectivity index (χ3n) is 4.08. The Kier molecular flexibility index (Phi) is 3.82. The summed E-state index contributed by atoms with van der Waals surface area (Å²) in [7, 11) is 0. The maximum Gasteiger partial charge on any atom is 0.0434 e. The number of rotatable bonds is 4. The van der Waals surface area contributed by atoms with Crippen molar-refractivity contribution in [3.05, 3.63) is 0 Å². The maximum absolute atomic E-state index is 9.11. The molecule has 1 aliphatic heterocycles. The molecule has 2 aliphatic rings. The highest BCUT2D eigenvalue weighted by atomic mass is 16.3. The zero-order chi connectivity index (χ0) is 9.80. The molecule has 2 rings (SSSR count). The predicted molar refractivity (Wildman–Crippen MR) is 58.2 cm³/mol. The van der Waals surface area contributed by atoms with Crippen molar-refractivity contribution in [1.29, 1.82) is 0 Å². The summed E-state index contributed by atoms with van der Waals surface area (Å²) in [6.07, 6.45) is 9.30. The van der Waals surface area contributed by atoms with Crippen LogP contribution in [0.1, 0.15) is 44.9 Å². The number of piperidine rings is 1. The van der Waals surface area contributed by atoms with Crippen LogP contribution in [0.15, 0.2) is 0 Å². The summed E-state index contributed by atoms with van der Waals surface area (Å²) in [5.41, 5.74) is 0. The van der Waals surface area contributed by atoms with E-state index in [1.807, 2.05) is 0 Å². The summed E-state index contributed by atoms with van der Waals surface area (Å²) in [6.45, 7) is 1.57. The number of hydrogen-bond acceptors (Lipinski definition) is 2. The fraction of sp³-hybridized carbons (Fsp3) is 1.00. The molecule has 1 saturated carbocycles. The molecule has 0 bridgehead atoms. The first-order chi connectivity index (χ1) is 6.92. The van der Waals surface area contributed by atoms with Crippen LogP contribution in [-0.4, -0.2) is 24.3 Å². The summed E-state index contributed by atoms with van der Waals surface area (Å²) in [5, 5.41) is 12.8. The van der Waals surface area contributed by atoms with E-state index in [4.69, 9.17) is 5.11 Å². The average Bonchev–Trinajstić information content (AvgIpc) is 2.16. The van der Waals surface area contributed by atoms with Crippen molar-refractivity contribution >= 4 is 0 Å². The highest BCUT2D eigenvalue weighted by molar-refractivity contribution is 4.87. The number of hydrogen-bond donors (Lipinski definition) is 2. The van der Waals surface area contributed by atoms with E-state index in [0.29, 0.717) is 12.6 Å². The molecule has 0 aromatic rings. The van der Waals surface area contributed by atoms with Gasteiger partial charge in [0, 0.05) is 12.6 Å². The van der Waals surface area contributed by atoms with Crippen molar-refractivity contribution in [2.24, 2.45) is 11.8 Å². The largest absolute Gasteiger partial charge is 0.396 e. The average molecular weight is 197 g/mol. The molecule has 2 unspecified atom stereocenters. The van der Waals surface area contributed by atoms with Crippen molar-refractivity contribution in [1.82, 2.24) is 5.32 Å². The first-order valence-corrected chi connectivity index (χ1v) is 6.26. The van der Waals surface area contributed by atoms with E-state index in [1.165, 1.54) is 45.1 Å². The Morgan fingerprint density at radius 2 is 2.00 bits per heavy atom. The molecule has 2 nitrogen and oxygen atoms in total. The van der Waals surface area contributed by atoms with E-state index >= 15 is 0 Å². The van der Waals surface area contributed by atoms with Gasteiger partial charge in [-0.1, -0.05) is 25.7 Å². The van der Waals surface area contributed by atoms with Gasteiger partial charge in [0.2, 0.25) is 0 Å². The van der Waals surface area contributed by atoms with Crippen LogP contribution in [0.25, 0.3) is 0 Å². The number of aliphatic hydroxyl groups excluding tert-OH is 1. The Labute approximate surface area is 87.1 Å². The molecule has 2 atom stereocenters. The van der Waals surface area contributed by atoms with E-state index in [2.05, 4.69) is 5.32 Å². The second kappa shape index (κ2) is 5.13. The minimum atomic E-state index is 0.374. The Morgan fingerprint density at radius 1 is 1.14 bits per heavy atom. The van der Waals surface area contributed by atoms with E-state index in [0.717, 1.165) is 18.3 Å². The summed E-state index contributed by atoms with van der Waals surface area (Å²) < 4.78 is 0. The fourth-order valence-corrected chi connectivity index (χ4v) is 3.03. The Hall–Kier alpha value is -0.0800. The summed E-state index contributed by atoms with van der Waals surface area (Å²) in [6, 6.07) is 0.709. The molecule has 2 N–H and O–H groups in total. The highest BCUT2D eigenvalue weighted by Crippen LogP contribution is 2.38. The van der Waals surface area contributed by atoms with Gasteiger partial charge in [-0.3, -0.25) is 0 Å². The van der Waals surface area contributed by atoms with Crippen molar-refractivity contribution in [2.75, 3.05) is 13.2 Å². The van der Waals surface area contributed by atoms with Gasteiger partial charge < -0.3 is 10.4 Å². The lowest BCUT2D eigenvalue weighted by molar-refractivity contribution is 0.113. The Morgan fingerprint density at radius 3 is 2.50 bits per heavy atom. The Balaban J connectivity index is 1.86. The topological polar surface area (TPSA) is 32.3 Å². The summed E-state index contributed by atoms with van der Waals surface area (Å²) in [4.78, 5) is 0. The lowest BCUT2D eigenvalue weighted by atomic mass is 9.70. The van der Waals surface area contributed by atoms with Gasteiger partial charge in [0.05, 0.1) is 0 Å². The van der Waals surface area contributed by atoms with Crippen LogP contribution in [0.3, 0.4) is 0 Å². The third kappa shape index (κ3) is 2.29. The number of nitrogens with one attached hydrogen (secondary N) is 1. The maximum atomic E-state index is 9.11. The Bertz CT molecular complexity index is 162. The van der Waals surface area contributed by atoms with Gasteiger partial charge in [-0.15, -0.1) is 0 Å². The fourth-order valence-electron chi connectivity index (χ4n) is 3.03. The summed E-state index contributed by atoms with van der Waals surface area (Å²) in [5.74, 6) is 1.67. The van der Waals surface area contributed by atoms with E-state index in [-0.39, 0.29) is 0 Å². The van der Waals surface area contributed by atoms with E-state index in [9.17, 15) is 0 Å². The van der Waals surface area contributed by atoms with Gasteiger partial charge in [-0.05, 0) is 37.6 Å². The minimum Gasteiger partial charge on any atom is -0.396 e. The van der Waals surface area contributed by atoms with Crippen LogP contribution in [-0.2, 0) is 0 Å². The summed E-state index contributed by atoms with van der Waals surface area (Å²) >= 11 is 0. The standard InChI is InChI=1S/C12H23NO/c14-9-7-11(10-4-3-5-10)12-6-1-2-8-13-12/h10-14H,1-9H2. The molecule has 1 aliphatic carbocycles. The smallest absolute Gasteiger partial charge is 0.0434 e. The molecule has 14 heavy (non-hydrogen) atoms. The molecule has 2 heteroatoms. The van der Waals surface area contributed by atoms with Crippen LogP contribution >= 0.6 is 0 Å². The number of aliphatic hydroxyl groups is 1. The molecule has 0 radical (unpaired) electrons. The molecule has 0 aromatic carbocycles. The first-order valence-electron chi connectivity index (χ1n) is 6.26. The first kappa shape index (κ1) is 10.4. The molecule has 1 heterocycles. The second-order valence-electron chi connectivity index (χ2n) is 4.92. The predicted octanol–water partition coefficient (Wildman–Crippen LogP) is 1.93. The normalized spacial score (nSPS) is 31.1. The molecular formula is C12H23NO. The van der Waals surface area contributed by atoms with Gasteiger partial charge >= 0.3 is 0 Å². The zero-order valence-electron chi connectivity index (χ0n) is 9.04. The van der Waals surface area contributed by atoms with Gasteiger partial charge in [-0.25, -0.2) is 0 Å². The van der Waals surface area contributed by atoms with Crippen molar-refractivity contribution in [3.63, 3.8) is 0 Å². The monoisotopic (exact) mass is 197 g/mol. The van der Waals surface area contributed by atoms with E-state index < -0.39 is 0 Å². The van der Waals surface area contributed by atoms with Crippen LogP contribution in [0.2, 0.25) is 0 Å². The van der Waals surface area contributed by atoms with Crippen LogP contribution in [0.4, 0.5) is 0 Å². The minimum absolute atomic E-state index is 0.374. The molecular weight excluding hydrogens is 174 g/mol. The van der Waals surface area contributed by atoms with Crippen LogP contribution in [0.5, 0.6) is 0 Å². The van der Waals surface area contributed by atoms with Crippen LogP contribution in [0, 0.1) is 11.8 Å². The molecule has 2 fully saturated rings. The third-order valence-corrected chi connectivity index (χ3v) is 4.08. The van der Waals surface area contributed by atoms with Gasteiger partial charge in [-0.2, -0.15) is 0 Å². The lowest BCUT2D eigenvalue weighted by Gasteiger charge is -2.40. The highest BCUT2D eigenvalue weighted by Gasteiger charge is 2.33.